The van der Waals surface area contributed by atoms with Crippen molar-refractivity contribution in [2.24, 2.45) is 0 Å². The van der Waals surface area contributed by atoms with Crippen molar-refractivity contribution < 1.29 is 32.7 Å². The number of nitrogens with zero attached hydrogens (tertiary/aromatic N) is 3. The van der Waals surface area contributed by atoms with Gasteiger partial charge in [-0.15, -0.1) is 10.2 Å². The Kier molecular flexibility index (Phi) is 27.6. The summed E-state index contributed by atoms with van der Waals surface area (Å²) in [5.74, 6) is -1.35. The monoisotopic (exact) mass is 727 g/mol. The zero-order valence-corrected chi connectivity index (χ0v) is 31.2. The number of aromatic nitrogens is 4. The highest BCUT2D eigenvalue weighted by atomic mass is 32.2. The van der Waals surface area contributed by atoms with Crippen molar-refractivity contribution >= 4 is 33.7 Å². The van der Waals surface area contributed by atoms with E-state index in [4.69, 9.17) is 5.11 Å². The number of carbonyl (C=O) groups is 4. The number of amides is 3. The summed E-state index contributed by atoms with van der Waals surface area (Å²) in [7, 11) is -3.74. The molecule has 15 heteroatoms. The molecule has 0 aliphatic heterocycles. The summed E-state index contributed by atoms with van der Waals surface area (Å²) < 4.78 is 26.6. The minimum absolute atomic E-state index is 0.111. The quantitative estimate of drug-likeness (QED) is 0.0542. The third-order valence-corrected chi connectivity index (χ3v) is 9.98. The van der Waals surface area contributed by atoms with Crippen molar-refractivity contribution in [2.45, 2.75) is 173 Å². The lowest BCUT2D eigenvalue weighted by Crippen LogP contribution is -2.33. The summed E-state index contributed by atoms with van der Waals surface area (Å²) in [5.41, 5.74) is 0. The van der Waals surface area contributed by atoms with Crippen LogP contribution in [-0.2, 0) is 35.6 Å². The zero-order chi connectivity index (χ0) is 36.5. The van der Waals surface area contributed by atoms with Gasteiger partial charge in [0.05, 0.1) is 5.75 Å². The van der Waals surface area contributed by atoms with Crippen molar-refractivity contribution in [1.82, 2.24) is 36.0 Å². The SMILES string of the molecule is O=C(O)CNC(=O)CCCCCCCCCCCNC(=O)CCCS(=O)(=O)NC(=O)CCCCCCCCCCCCCCCc1nn[nH]n1. The van der Waals surface area contributed by atoms with E-state index < -0.39 is 21.9 Å². The summed E-state index contributed by atoms with van der Waals surface area (Å²) >= 11 is 0. The predicted molar refractivity (Wildman–Crippen MR) is 194 cm³/mol. The average molecular weight is 728 g/mol. The maximum atomic E-state index is 12.2. The largest absolute Gasteiger partial charge is 0.480 e. The van der Waals surface area contributed by atoms with Crippen LogP contribution in [0, 0.1) is 0 Å². The van der Waals surface area contributed by atoms with E-state index in [-0.39, 0.29) is 43.4 Å². The molecule has 0 aromatic carbocycles. The number of sulfonamides is 1. The Morgan fingerprint density at radius 1 is 0.560 bits per heavy atom. The van der Waals surface area contributed by atoms with Gasteiger partial charge in [0.2, 0.25) is 27.7 Å². The molecule has 0 aliphatic carbocycles. The maximum absolute atomic E-state index is 12.2. The Bertz CT molecular complexity index is 1130. The number of unbranched alkanes of at least 4 members (excludes halogenated alkanes) is 20. The van der Waals surface area contributed by atoms with Crippen molar-refractivity contribution in [3.8, 4) is 0 Å². The van der Waals surface area contributed by atoms with Gasteiger partial charge in [-0.1, -0.05) is 121 Å². The Morgan fingerprint density at radius 3 is 1.50 bits per heavy atom. The number of carboxylic acid groups (broad SMARTS) is 1. The number of aromatic amines is 1. The summed E-state index contributed by atoms with van der Waals surface area (Å²) in [4.78, 5) is 46.0. The van der Waals surface area contributed by atoms with Crippen LogP contribution in [0.5, 0.6) is 0 Å². The second-order valence-corrected chi connectivity index (χ2v) is 15.2. The first kappa shape index (κ1) is 44.9. The number of tetrazole rings is 1. The minimum atomic E-state index is -3.74. The first-order valence-corrected chi connectivity index (χ1v) is 20.8. The van der Waals surface area contributed by atoms with E-state index in [2.05, 4.69) is 36.0 Å². The lowest BCUT2D eigenvalue weighted by atomic mass is 10.0. The van der Waals surface area contributed by atoms with Crippen LogP contribution < -0.4 is 15.4 Å². The molecule has 0 bridgehead atoms. The number of hydrogen-bond acceptors (Lipinski definition) is 9. The smallest absolute Gasteiger partial charge is 0.322 e. The van der Waals surface area contributed by atoms with E-state index in [1.807, 2.05) is 0 Å². The molecule has 5 N–H and O–H groups in total. The van der Waals surface area contributed by atoms with Crippen LogP contribution in [0.2, 0.25) is 0 Å². The zero-order valence-electron chi connectivity index (χ0n) is 30.4. The minimum Gasteiger partial charge on any atom is -0.480 e. The first-order chi connectivity index (χ1) is 24.2. The third-order valence-electron chi connectivity index (χ3n) is 8.62. The Hall–Kier alpha value is -3.10. The Balaban J connectivity index is 1.84. The molecule has 1 aromatic heterocycles. The van der Waals surface area contributed by atoms with E-state index in [1.54, 1.807) is 0 Å². The number of H-pyrrole nitrogens is 1. The second-order valence-electron chi connectivity index (χ2n) is 13.3. The molecule has 50 heavy (non-hydrogen) atoms. The Morgan fingerprint density at radius 2 is 1.00 bits per heavy atom. The van der Waals surface area contributed by atoms with E-state index in [1.165, 1.54) is 51.4 Å². The summed E-state index contributed by atoms with van der Waals surface area (Å²) in [6, 6.07) is 0. The van der Waals surface area contributed by atoms with Gasteiger partial charge in [-0.2, -0.15) is 5.21 Å². The molecule has 14 nitrogen and oxygen atoms in total. The molecule has 0 saturated carbocycles. The number of rotatable bonds is 35. The van der Waals surface area contributed by atoms with Crippen LogP contribution in [0.4, 0.5) is 0 Å². The van der Waals surface area contributed by atoms with Gasteiger partial charge in [-0.25, -0.2) is 8.42 Å². The summed E-state index contributed by atoms with van der Waals surface area (Å²) in [5, 5.41) is 27.7. The van der Waals surface area contributed by atoms with Gasteiger partial charge in [0.25, 0.3) is 0 Å². The molecule has 0 atom stereocenters. The molecule has 0 saturated heterocycles. The van der Waals surface area contributed by atoms with Crippen molar-refractivity contribution in [2.75, 3.05) is 18.8 Å². The van der Waals surface area contributed by atoms with E-state index >= 15 is 0 Å². The molecule has 0 fully saturated rings. The van der Waals surface area contributed by atoms with Crippen LogP contribution in [-0.4, -0.2) is 76.7 Å². The van der Waals surface area contributed by atoms with E-state index in [0.29, 0.717) is 19.4 Å². The van der Waals surface area contributed by atoms with Gasteiger partial charge >= 0.3 is 5.97 Å². The van der Waals surface area contributed by atoms with E-state index in [9.17, 15) is 27.6 Å². The number of carbonyl (C=O) groups excluding carboxylic acids is 3. The Labute approximate surface area is 299 Å². The fourth-order valence-corrected chi connectivity index (χ4v) is 6.80. The number of nitrogens with one attached hydrogen (secondary N) is 4. The number of aryl methyl sites for hydroxylation is 1. The molecular weight excluding hydrogens is 662 g/mol. The highest BCUT2D eigenvalue weighted by Gasteiger charge is 2.15. The highest BCUT2D eigenvalue weighted by Crippen LogP contribution is 2.14. The van der Waals surface area contributed by atoms with Crippen molar-refractivity contribution in [3.05, 3.63) is 5.82 Å². The standard InChI is InChI=1S/C35H65N7O7S/c43-32(36-28-22-18-14-10-6-9-12-16-20-25-33(44)37-30-35(46)47)27-23-29-50(48,49)40-34(45)26-21-17-13-8-5-3-1-2-4-7-11-15-19-24-31-38-41-42-39-31/h1-30H2,(H,36,43)(H,37,44)(H,40,45)(H,46,47)(H,38,39,41,42). The number of hydrogen-bond donors (Lipinski definition) is 5. The van der Waals surface area contributed by atoms with Gasteiger partial charge in [0, 0.05) is 32.2 Å². The van der Waals surface area contributed by atoms with Crippen molar-refractivity contribution in [3.63, 3.8) is 0 Å². The highest BCUT2D eigenvalue weighted by molar-refractivity contribution is 7.90. The van der Waals surface area contributed by atoms with Crippen LogP contribution in [0.3, 0.4) is 0 Å². The lowest BCUT2D eigenvalue weighted by molar-refractivity contribution is -0.138. The van der Waals surface area contributed by atoms with Crippen molar-refractivity contribution in [1.29, 1.82) is 0 Å². The average Bonchev–Trinajstić information content (AvgIpc) is 3.59. The molecule has 0 spiro atoms. The first-order valence-electron chi connectivity index (χ1n) is 19.2. The fraction of sp³-hybridized carbons (Fsp3) is 0.857. The second kappa shape index (κ2) is 30.7. The van der Waals surface area contributed by atoms with E-state index in [0.717, 1.165) is 95.7 Å². The molecule has 288 valence electrons. The van der Waals surface area contributed by atoms with Gasteiger partial charge in [0.1, 0.15) is 6.54 Å². The molecule has 3 amide bonds. The van der Waals surface area contributed by atoms with Gasteiger partial charge < -0.3 is 15.7 Å². The topological polar surface area (TPSA) is 213 Å². The summed E-state index contributed by atoms with van der Waals surface area (Å²) in [6.45, 7) is 0.238. The molecule has 1 aromatic rings. The fourth-order valence-electron chi connectivity index (χ4n) is 5.73. The molecular formula is C35H65N7O7S. The van der Waals surface area contributed by atoms with Gasteiger partial charge in [-0.05, 0) is 32.1 Å². The predicted octanol–water partition coefficient (Wildman–Crippen LogP) is 5.65. The van der Waals surface area contributed by atoms with Crippen LogP contribution in [0.25, 0.3) is 0 Å². The molecule has 1 rings (SSSR count). The van der Waals surface area contributed by atoms with Crippen LogP contribution >= 0.6 is 0 Å². The van der Waals surface area contributed by atoms with Crippen LogP contribution in [0.1, 0.15) is 173 Å². The number of carboxylic acids is 1. The lowest BCUT2D eigenvalue weighted by Gasteiger charge is -2.08. The molecule has 0 radical (unpaired) electrons. The maximum Gasteiger partial charge on any atom is 0.322 e. The number of aliphatic carboxylic acids is 1. The normalized spacial score (nSPS) is 11.4. The van der Waals surface area contributed by atoms with Gasteiger partial charge in [0.15, 0.2) is 5.82 Å². The molecule has 0 aliphatic rings. The molecule has 1 heterocycles. The van der Waals surface area contributed by atoms with Gasteiger partial charge in [-0.3, -0.25) is 23.9 Å². The third kappa shape index (κ3) is 29.8. The van der Waals surface area contributed by atoms with Crippen LogP contribution in [0.15, 0.2) is 0 Å². The molecule has 0 unspecified atom stereocenters. The summed E-state index contributed by atoms with van der Waals surface area (Å²) in [6.07, 6.45) is 25.7.